The second-order valence-corrected chi connectivity index (χ2v) is 2.30. The molecule has 70 valence electrons. The Kier molecular flexibility index (Phi) is 15.2. The number of hydrogen-bond donors (Lipinski definition) is 0. The Morgan fingerprint density at radius 3 is 2.17 bits per heavy atom. The van der Waals surface area contributed by atoms with E-state index in [1.807, 2.05) is 0 Å². The molecular weight excluding hydrogens is 227 g/mol. The maximum absolute atomic E-state index is 3.33. The molecule has 0 atom stereocenters. The second kappa shape index (κ2) is 9.86. The smallest absolute Gasteiger partial charge is 0 e. The van der Waals surface area contributed by atoms with Crippen LogP contribution < -0.4 is 0 Å². The Bertz CT molecular complexity index is 144. The van der Waals surface area contributed by atoms with Crippen LogP contribution in [0.4, 0.5) is 0 Å². The van der Waals surface area contributed by atoms with E-state index in [0.29, 0.717) is 0 Å². The zero-order valence-corrected chi connectivity index (χ0v) is 10.7. The fourth-order valence-electron chi connectivity index (χ4n) is 1.24. The molecule has 0 radical (unpaired) electrons. The van der Waals surface area contributed by atoms with Gasteiger partial charge in [0.25, 0.3) is 0 Å². The average Bonchev–Trinajstić information content (AvgIpc) is 2.33. The zero-order chi connectivity index (χ0) is 6.69. The molecular formula is C9H15Cl2Ti-. The van der Waals surface area contributed by atoms with Gasteiger partial charge in [-0.15, -0.1) is 31.2 Å². The molecule has 3 heteroatoms. The van der Waals surface area contributed by atoms with Crippen LogP contribution >= 0.6 is 24.8 Å². The molecule has 0 saturated carbocycles. The standard InChI is InChI=1S/C9H13.2ClH.Ti/c1-3-8-6-5-7-9(8)4-2;;;/h6H,3-5H2,1-2H3;2*1H;/q-1;;;. The normalized spacial score (nSPS) is 13.2. The first-order valence-corrected chi connectivity index (χ1v) is 3.67. The van der Waals surface area contributed by atoms with Gasteiger partial charge in [-0.1, -0.05) is 26.7 Å². The van der Waals surface area contributed by atoms with Crippen LogP contribution in [-0.2, 0) is 21.7 Å². The summed E-state index contributed by atoms with van der Waals surface area (Å²) in [6.07, 6.45) is 8.99. The molecule has 0 fully saturated rings. The third kappa shape index (κ3) is 4.72. The third-order valence-electron chi connectivity index (χ3n) is 1.79. The molecule has 0 aromatic rings. The summed E-state index contributed by atoms with van der Waals surface area (Å²) in [5, 5.41) is 0. The minimum atomic E-state index is 0. The Labute approximate surface area is 103 Å². The molecule has 0 aromatic heterocycles. The minimum Gasteiger partial charge on any atom is -0.269 e. The predicted molar refractivity (Wildman–Crippen MR) is 54.5 cm³/mol. The van der Waals surface area contributed by atoms with Gasteiger partial charge in [0.1, 0.15) is 0 Å². The summed E-state index contributed by atoms with van der Waals surface area (Å²) < 4.78 is 0. The van der Waals surface area contributed by atoms with Crippen LogP contribution in [0.1, 0.15) is 33.1 Å². The van der Waals surface area contributed by atoms with Gasteiger partial charge in [-0.05, 0) is 0 Å². The molecule has 0 nitrogen and oxygen atoms in total. The molecule has 12 heavy (non-hydrogen) atoms. The van der Waals surface area contributed by atoms with Crippen molar-refractivity contribution in [3.05, 3.63) is 23.3 Å². The Morgan fingerprint density at radius 2 is 1.83 bits per heavy atom. The number of rotatable bonds is 2. The van der Waals surface area contributed by atoms with Gasteiger partial charge in [0, 0.05) is 21.7 Å². The van der Waals surface area contributed by atoms with Gasteiger partial charge >= 0.3 is 0 Å². The molecule has 0 bridgehead atoms. The molecule has 0 aliphatic heterocycles. The van der Waals surface area contributed by atoms with Gasteiger partial charge in [-0.3, -0.25) is 6.08 Å². The van der Waals surface area contributed by atoms with Crippen LogP contribution in [0, 0.1) is 6.08 Å². The fraction of sp³-hybridized carbons (Fsp3) is 0.556. The molecule has 1 aliphatic carbocycles. The topological polar surface area (TPSA) is 0 Å². The van der Waals surface area contributed by atoms with E-state index < -0.39 is 0 Å². The van der Waals surface area contributed by atoms with Crippen molar-refractivity contribution in [1.29, 1.82) is 0 Å². The maximum Gasteiger partial charge on any atom is 0 e. The van der Waals surface area contributed by atoms with Crippen LogP contribution in [0.5, 0.6) is 0 Å². The number of halogens is 2. The van der Waals surface area contributed by atoms with E-state index in [1.165, 1.54) is 17.6 Å². The third-order valence-corrected chi connectivity index (χ3v) is 1.79. The summed E-state index contributed by atoms with van der Waals surface area (Å²) in [6.45, 7) is 4.39. The summed E-state index contributed by atoms with van der Waals surface area (Å²) in [5.74, 6) is 0. The molecule has 0 saturated heterocycles. The van der Waals surface area contributed by atoms with E-state index in [9.17, 15) is 0 Å². The van der Waals surface area contributed by atoms with Gasteiger partial charge < -0.3 is 0 Å². The van der Waals surface area contributed by atoms with Crippen LogP contribution in [0.3, 0.4) is 0 Å². The van der Waals surface area contributed by atoms with Crippen molar-refractivity contribution in [3.63, 3.8) is 0 Å². The average molecular weight is 242 g/mol. The Balaban J connectivity index is -0.000000270. The van der Waals surface area contributed by atoms with Crippen molar-refractivity contribution in [3.8, 4) is 0 Å². The SMILES string of the molecule is CCC1=[C-]CC=C1CC.Cl.Cl.[Ti]. The Hall–Kier alpha value is 0.774. The second-order valence-electron chi connectivity index (χ2n) is 2.30. The summed E-state index contributed by atoms with van der Waals surface area (Å²) in [5.41, 5.74) is 2.95. The first-order valence-electron chi connectivity index (χ1n) is 3.67. The monoisotopic (exact) mass is 241 g/mol. The quantitative estimate of drug-likeness (QED) is 0.511. The maximum atomic E-state index is 3.33. The molecule has 0 unspecified atom stereocenters. The molecule has 0 aromatic carbocycles. The van der Waals surface area contributed by atoms with Gasteiger partial charge in [0.2, 0.25) is 0 Å². The van der Waals surface area contributed by atoms with Crippen molar-refractivity contribution in [2.75, 3.05) is 0 Å². The fourth-order valence-corrected chi connectivity index (χ4v) is 1.24. The first kappa shape index (κ1) is 18.5. The zero-order valence-electron chi connectivity index (χ0n) is 7.52. The van der Waals surface area contributed by atoms with Crippen LogP contribution in [0.25, 0.3) is 0 Å². The van der Waals surface area contributed by atoms with Crippen molar-refractivity contribution >= 4 is 24.8 Å². The van der Waals surface area contributed by atoms with Crippen LogP contribution in [0.2, 0.25) is 0 Å². The van der Waals surface area contributed by atoms with E-state index in [1.54, 1.807) is 0 Å². The molecule has 0 heterocycles. The van der Waals surface area contributed by atoms with Gasteiger partial charge in [0.05, 0.1) is 0 Å². The van der Waals surface area contributed by atoms with E-state index >= 15 is 0 Å². The first-order chi connectivity index (χ1) is 4.38. The molecule has 0 spiro atoms. The van der Waals surface area contributed by atoms with E-state index in [0.717, 1.165) is 12.8 Å². The van der Waals surface area contributed by atoms with Crippen molar-refractivity contribution < 1.29 is 21.7 Å². The van der Waals surface area contributed by atoms with Gasteiger partial charge in [-0.25, -0.2) is 5.57 Å². The molecule has 1 aliphatic rings. The van der Waals surface area contributed by atoms with Crippen molar-refractivity contribution in [1.82, 2.24) is 0 Å². The summed E-state index contributed by atoms with van der Waals surface area (Å²) in [7, 11) is 0. The van der Waals surface area contributed by atoms with Crippen LogP contribution in [0.15, 0.2) is 17.2 Å². The van der Waals surface area contributed by atoms with Crippen LogP contribution in [-0.4, -0.2) is 0 Å². The van der Waals surface area contributed by atoms with E-state index in [4.69, 9.17) is 0 Å². The molecule has 0 N–H and O–H groups in total. The van der Waals surface area contributed by atoms with Crippen molar-refractivity contribution in [2.24, 2.45) is 0 Å². The number of hydrogen-bond acceptors (Lipinski definition) is 0. The van der Waals surface area contributed by atoms with Gasteiger partial charge in [-0.2, -0.15) is 11.6 Å². The predicted octanol–water partition coefficient (Wildman–Crippen LogP) is 3.71. The summed E-state index contributed by atoms with van der Waals surface area (Å²) in [4.78, 5) is 0. The summed E-state index contributed by atoms with van der Waals surface area (Å²) in [6, 6.07) is 0. The largest absolute Gasteiger partial charge is 0.269 e. The van der Waals surface area contributed by atoms with E-state index in [2.05, 4.69) is 26.0 Å². The van der Waals surface area contributed by atoms with E-state index in [-0.39, 0.29) is 46.5 Å². The number of allylic oxidation sites excluding steroid dienone is 4. The van der Waals surface area contributed by atoms with Crippen molar-refractivity contribution in [2.45, 2.75) is 33.1 Å². The summed E-state index contributed by atoms with van der Waals surface area (Å²) >= 11 is 0. The van der Waals surface area contributed by atoms with Gasteiger partial charge in [0.15, 0.2) is 0 Å². The molecule has 0 amide bonds. The minimum absolute atomic E-state index is 0. The molecule has 1 rings (SSSR count). The Morgan fingerprint density at radius 1 is 1.25 bits per heavy atom.